The van der Waals surface area contributed by atoms with Gasteiger partial charge in [0.2, 0.25) is 5.91 Å². The minimum absolute atomic E-state index is 0.106. The van der Waals surface area contributed by atoms with Gasteiger partial charge in [0.25, 0.3) is 0 Å². The molecular formula is C15H28N2O. The van der Waals surface area contributed by atoms with E-state index in [4.69, 9.17) is 5.73 Å². The van der Waals surface area contributed by atoms with Gasteiger partial charge < -0.3 is 10.6 Å². The van der Waals surface area contributed by atoms with Crippen LogP contribution >= 0.6 is 0 Å². The van der Waals surface area contributed by atoms with E-state index in [0.29, 0.717) is 18.9 Å². The van der Waals surface area contributed by atoms with Gasteiger partial charge in [0.05, 0.1) is 0 Å². The normalized spacial score (nSPS) is 18.3. The summed E-state index contributed by atoms with van der Waals surface area (Å²) in [4.78, 5) is 14.1. The van der Waals surface area contributed by atoms with Crippen molar-refractivity contribution in [2.24, 2.45) is 11.7 Å². The number of hydrogen-bond acceptors (Lipinski definition) is 2. The van der Waals surface area contributed by atoms with Gasteiger partial charge >= 0.3 is 0 Å². The summed E-state index contributed by atoms with van der Waals surface area (Å²) in [6.07, 6.45) is 9.71. The van der Waals surface area contributed by atoms with Crippen LogP contribution < -0.4 is 5.73 Å². The van der Waals surface area contributed by atoms with Gasteiger partial charge in [0.1, 0.15) is 0 Å². The molecule has 0 saturated heterocycles. The maximum Gasteiger partial charge on any atom is 0.222 e. The van der Waals surface area contributed by atoms with Crippen molar-refractivity contribution < 1.29 is 4.79 Å². The number of hydrogen-bond donors (Lipinski definition) is 1. The van der Waals surface area contributed by atoms with Crippen molar-refractivity contribution in [3.63, 3.8) is 0 Å². The first-order valence-electron chi connectivity index (χ1n) is 7.27. The molecule has 1 amide bonds. The fraction of sp³-hybridized carbons (Fsp3) is 0.800. The minimum atomic E-state index is 0.106. The Balaban J connectivity index is 2.41. The monoisotopic (exact) mass is 252 g/mol. The Morgan fingerprint density at radius 2 is 2.11 bits per heavy atom. The predicted molar refractivity (Wildman–Crippen MR) is 76.2 cm³/mol. The third-order valence-electron chi connectivity index (χ3n) is 3.72. The van der Waals surface area contributed by atoms with Crippen molar-refractivity contribution in [1.29, 1.82) is 0 Å². The molecule has 1 aliphatic carbocycles. The zero-order chi connectivity index (χ0) is 13.4. The summed E-state index contributed by atoms with van der Waals surface area (Å²) in [6.45, 7) is 7.28. The van der Waals surface area contributed by atoms with E-state index in [0.717, 1.165) is 13.0 Å². The van der Waals surface area contributed by atoms with Crippen LogP contribution in [-0.2, 0) is 4.79 Å². The van der Waals surface area contributed by atoms with Crippen LogP contribution in [0.2, 0.25) is 0 Å². The van der Waals surface area contributed by atoms with Crippen molar-refractivity contribution in [2.45, 2.75) is 57.9 Å². The van der Waals surface area contributed by atoms with E-state index in [2.05, 4.69) is 6.58 Å². The van der Waals surface area contributed by atoms with Gasteiger partial charge in [-0.3, -0.25) is 4.79 Å². The van der Waals surface area contributed by atoms with Crippen LogP contribution in [0.25, 0.3) is 0 Å². The number of nitrogens with zero attached hydrogens (tertiary/aromatic N) is 1. The van der Waals surface area contributed by atoms with Crippen LogP contribution in [0.3, 0.4) is 0 Å². The number of nitrogens with two attached hydrogens (primary N) is 1. The molecule has 18 heavy (non-hydrogen) atoms. The van der Waals surface area contributed by atoms with Gasteiger partial charge in [-0.15, -0.1) is 6.58 Å². The van der Waals surface area contributed by atoms with Crippen molar-refractivity contribution in [1.82, 2.24) is 4.90 Å². The molecule has 0 bridgehead atoms. The third-order valence-corrected chi connectivity index (χ3v) is 3.72. The molecule has 0 spiro atoms. The highest BCUT2D eigenvalue weighted by Gasteiger charge is 2.20. The average molecular weight is 252 g/mol. The van der Waals surface area contributed by atoms with Crippen molar-refractivity contribution in [2.75, 3.05) is 13.1 Å². The van der Waals surface area contributed by atoms with E-state index < -0.39 is 0 Å². The molecule has 1 saturated carbocycles. The predicted octanol–water partition coefficient (Wildman–Crippen LogP) is 2.71. The fourth-order valence-corrected chi connectivity index (χ4v) is 2.62. The van der Waals surface area contributed by atoms with Crippen LogP contribution in [0.5, 0.6) is 0 Å². The number of amides is 1. The Labute approximate surface area is 111 Å². The molecule has 0 aliphatic heterocycles. The van der Waals surface area contributed by atoms with E-state index in [9.17, 15) is 4.79 Å². The van der Waals surface area contributed by atoms with E-state index in [1.807, 2.05) is 17.9 Å². The summed E-state index contributed by atoms with van der Waals surface area (Å²) in [6, 6.07) is 0.106. The van der Waals surface area contributed by atoms with Crippen LogP contribution in [-0.4, -0.2) is 29.9 Å². The summed E-state index contributed by atoms with van der Waals surface area (Å²) in [5, 5.41) is 0. The van der Waals surface area contributed by atoms with Gasteiger partial charge in [-0.05, 0) is 32.1 Å². The minimum Gasteiger partial charge on any atom is -0.339 e. The zero-order valence-electron chi connectivity index (χ0n) is 11.7. The molecule has 0 aromatic rings. The summed E-state index contributed by atoms with van der Waals surface area (Å²) >= 11 is 0. The molecule has 0 radical (unpaired) electrons. The van der Waals surface area contributed by atoms with Crippen molar-refractivity contribution in [3.8, 4) is 0 Å². The van der Waals surface area contributed by atoms with E-state index in [1.165, 1.54) is 32.1 Å². The largest absolute Gasteiger partial charge is 0.339 e. The van der Waals surface area contributed by atoms with Crippen LogP contribution in [0, 0.1) is 5.92 Å². The lowest BCUT2D eigenvalue weighted by Crippen LogP contribution is -2.36. The number of carbonyl (C=O) groups is 1. The molecule has 1 aliphatic rings. The molecule has 3 heteroatoms. The van der Waals surface area contributed by atoms with Gasteiger partial charge in [-0.2, -0.15) is 0 Å². The lowest BCUT2D eigenvalue weighted by molar-refractivity contribution is -0.131. The second kappa shape index (κ2) is 8.30. The van der Waals surface area contributed by atoms with E-state index >= 15 is 0 Å². The lowest BCUT2D eigenvalue weighted by atomic mass is 9.89. The van der Waals surface area contributed by atoms with Crippen molar-refractivity contribution >= 4 is 5.91 Å². The maximum atomic E-state index is 12.1. The quantitative estimate of drug-likeness (QED) is 0.708. The molecule has 1 unspecified atom stereocenters. The lowest BCUT2D eigenvalue weighted by Gasteiger charge is -2.29. The number of rotatable bonds is 7. The first kappa shape index (κ1) is 15.2. The first-order chi connectivity index (χ1) is 8.63. The molecule has 104 valence electrons. The molecule has 1 atom stereocenters. The Hall–Kier alpha value is -0.830. The summed E-state index contributed by atoms with van der Waals surface area (Å²) in [5.74, 6) is 0.927. The maximum absolute atomic E-state index is 12.1. The average Bonchev–Trinajstić information content (AvgIpc) is 2.36. The molecule has 0 aromatic heterocycles. The SMILES string of the molecule is C=CCN(CC1CCCCC1)C(=O)CCC(C)N. The Morgan fingerprint density at radius 3 is 2.67 bits per heavy atom. The molecule has 3 nitrogen and oxygen atoms in total. The second-order valence-corrected chi connectivity index (χ2v) is 5.61. The summed E-state index contributed by atoms with van der Waals surface area (Å²) in [7, 11) is 0. The molecule has 0 heterocycles. The molecule has 1 rings (SSSR count). The Bertz CT molecular complexity index is 257. The second-order valence-electron chi connectivity index (χ2n) is 5.61. The van der Waals surface area contributed by atoms with Gasteiger partial charge in [0, 0.05) is 25.6 Å². The van der Waals surface area contributed by atoms with Crippen LogP contribution in [0.1, 0.15) is 51.9 Å². The molecule has 0 aromatic carbocycles. The highest BCUT2D eigenvalue weighted by molar-refractivity contribution is 5.76. The first-order valence-corrected chi connectivity index (χ1v) is 7.27. The molecule has 2 N–H and O–H groups in total. The number of carbonyl (C=O) groups excluding carboxylic acids is 1. The smallest absolute Gasteiger partial charge is 0.222 e. The highest BCUT2D eigenvalue weighted by atomic mass is 16.2. The summed E-state index contributed by atoms with van der Waals surface area (Å²) < 4.78 is 0. The van der Waals surface area contributed by atoms with Crippen LogP contribution in [0.15, 0.2) is 12.7 Å². The fourth-order valence-electron chi connectivity index (χ4n) is 2.62. The molecule has 1 fully saturated rings. The Kier molecular flexibility index (Phi) is 7.02. The standard InChI is InChI=1S/C15H28N2O/c1-3-11-17(15(18)10-9-13(2)16)12-14-7-5-4-6-8-14/h3,13-14H,1,4-12,16H2,2H3. The zero-order valence-corrected chi connectivity index (χ0v) is 11.7. The summed E-state index contributed by atoms with van der Waals surface area (Å²) in [5.41, 5.74) is 5.71. The van der Waals surface area contributed by atoms with Crippen molar-refractivity contribution in [3.05, 3.63) is 12.7 Å². The van der Waals surface area contributed by atoms with E-state index in [-0.39, 0.29) is 11.9 Å². The topological polar surface area (TPSA) is 46.3 Å². The van der Waals surface area contributed by atoms with Gasteiger partial charge in [-0.25, -0.2) is 0 Å². The molecular weight excluding hydrogens is 224 g/mol. The van der Waals surface area contributed by atoms with Crippen LogP contribution in [0.4, 0.5) is 0 Å². The Morgan fingerprint density at radius 1 is 1.44 bits per heavy atom. The van der Waals surface area contributed by atoms with Gasteiger partial charge in [0.15, 0.2) is 0 Å². The van der Waals surface area contributed by atoms with E-state index in [1.54, 1.807) is 0 Å². The third kappa shape index (κ3) is 5.67. The van der Waals surface area contributed by atoms with Gasteiger partial charge in [-0.1, -0.05) is 25.3 Å². The highest BCUT2D eigenvalue weighted by Crippen LogP contribution is 2.24.